The third kappa shape index (κ3) is 4.40. The van der Waals surface area contributed by atoms with Gasteiger partial charge in [-0.25, -0.2) is 0 Å². The summed E-state index contributed by atoms with van der Waals surface area (Å²) in [5.41, 5.74) is 5.95. The predicted octanol–water partition coefficient (Wildman–Crippen LogP) is 1.27. The Bertz CT molecular complexity index is 150. The Morgan fingerprint density at radius 3 is 2.79 bits per heavy atom. The lowest BCUT2D eigenvalue weighted by atomic mass is 10.2. The average molecular weight is 200 g/mol. The molecule has 3 nitrogen and oxygen atoms in total. The Kier molecular flexibility index (Phi) is 5.45. The molecule has 0 aromatic heterocycles. The van der Waals surface area contributed by atoms with E-state index in [1.165, 1.54) is 19.3 Å². The Balaban J connectivity index is 1.93. The van der Waals surface area contributed by atoms with Gasteiger partial charge in [-0.1, -0.05) is 6.42 Å². The van der Waals surface area contributed by atoms with Crippen LogP contribution in [0, 0.1) is 0 Å². The van der Waals surface area contributed by atoms with Gasteiger partial charge in [0.2, 0.25) is 0 Å². The first kappa shape index (κ1) is 12.0. The van der Waals surface area contributed by atoms with Gasteiger partial charge in [0.05, 0.1) is 6.10 Å². The van der Waals surface area contributed by atoms with Crippen molar-refractivity contribution in [1.82, 2.24) is 5.32 Å². The van der Waals surface area contributed by atoms with E-state index in [2.05, 4.69) is 19.2 Å². The van der Waals surface area contributed by atoms with Crippen molar-refractivity contribution in [2.24, 2.45) is 5.73 Å². The van der Waals surface area contributed by atoms with Gasteiger partial charge in [-0.15, -0.1) is 0 Å². The maximum absolute atomic E-state index is 5.95. The Morgan fingerprint density at radius 1 is 1.43 bits per heavy atom. The van der Waals surface area contributed by atoms with Crippen LogP contribution in [0.3, 0.4) is 0 Å². The van der Waals surface area contributed by atoms with Gasteiger partial charge < -0.3 is 15.8 Å². The molecule has 1 aliphatic rings. The molecule has 0 aromatic carbocycles. The molecular weight excluding hydrogens is 176 g/mol. The van der Waals surface area contributed by atoms with E-state index >= 15 is 0 Å². The van der Waals surface area contributed by atoms with Crippen LogP contribution < -0.4 is 11.1 Å². The molecule has 1 fully saturated rings. The molecule has 0 radical (unpaired) electrons. The van der Waals surface area contributed by atoms with E-state index in [1.807, 2.05) is 0 Å². The molecule has 3 heteroatoms. The summed E-state index contributed by atoms with van der Waals surface area (Å²) in [4.78, 5) is 0. The van der Waals surface area contributed by atoms with Gasteiger partial charge in [-0.05, 0) is 39.7 Å². The van der Waals surface area contributed by atoms with E-state index in [0.717, 1.165) is 19.6 Å². The summed E-state index contributed by atoms with van der Waals surface area (Å²) in [7, 11) is 0. The molecule has 2 atom stereocenters. The summed E-state index contributed by atoms with van der Waals surface area (Å²) >= 11 is 0. The van der Waals surface area contributed by atoms with Crippen LogP contribution in [0.2, 0.25) is 0 Å². The molecule has 1 saturated carbocycles. The minimum absolute atomic E-state index is 0.351. The van der Waals surface area contributed by atoms with Crippen LogP contribution in [0.15, 0.2) is 0 Å². The van der Waals surface area contributed by atoms with E-state index in [1.54, 1.807) is 0 Å². The first-order chi connectivity index (χ1) is 6.70. The molecule has 0 bridgehead atoms. The first-order valence-electron chi connectivity index (χ1n) is 5.80. The van der Waals surface area contributed by atoms with Gasteiger partial charge in [0.25, 0.3) is 0 Å². The zero-order valence-electron chi connectivity index (χ0n) is 9.46. The largest absolute Gasteiger partial charge is 0.379 e. The normalized spacial score (nSPS) is 27.4. The molecule has 84 valence electrons. The molecule has 3 N–H and O–H groups in total. The SMILES string of the molecule is CC(C)OCCCN[C@@H]1CCC[C@H]1N. The summed E-state index contributed by atoms with van der Waals surface area (Å²) in [6, 6.07) is 0.926. The summed E-state index contributed by atoms with van der Waals surface area (Å²) in [5.74, 6) is 0. The first-order valence-corrected chi connectivity index (χ1v) is 5.80. The summed E-state index contributed by atoms with van der Waals surface area (Å²) in [6.45, 7) is 6.03. The van der Waals surface area contributed by atoms with Crippen molar-refractivity contribution in [3.8, 4) is 0 Å². The smallest absolute Gasteiger partial charge is 0.0518 e. The zero-order chi connectivity index (χ0) is 10.4. The van der Waals surface area contributed by atoms with E-state index in [4.69, 9.17) is 10.5 Å². The van der Waals surface area contributed by atoms with Crippen molar-refractivity contribution in [1.29, 1.82) is 0 Å². The average Bonchev–Trinajstić information content (AvgIpc) is 2.51. The molecule has 0 aliphatic heterocycles. The third-order valence-electron chi connectivity index (χ3n) is 2.75. The fraction of sp³-hybridized carbons (Fsp3) is 1.00. The number of nitrogens with one attached hydrogen (secondary N) is 1. The lowest BCUT2D eigenvalue weighted by Crippen LogP contribution is -2.41. The van der Waals surface area contributed by atoms with Crippen molar-refractivity contribution >= 4 is 0 Å². The molecular formula is C11H24N2O. The topological polar surface area (TPSA) is 47.3 Å². The number of nitrogens with two attached hydrogens (primary N) is 1. The second kappa shape index (κ2) is 6.38. The molecule has 0 amide bonds. The summed E-state index contributed by atoms with van der Waals surface area (Å²) in [5, 5.41) is 3.50. The third-order valence-corrected chi connectivity index (χ3v) is 2.75. The van der Waals surface area contributed by atoms with Gasteiger partial charge >= 0.3 is 0 Å². The van der Waals surface area contributed by atoms with E-state index < -0.39 is 0 Å². The lowest BCUT2D eigenvalue weighted by molar-refractivity contribution is 0.0766. The van der Waals surface area contributed by atoms with Gasteiger partial charge in [0.15, 0.2) is 0 Å². The molecule has 0 heterocycles. The minimum atomic E-state index is 0.351. The lowest BCUT2D eigenvalue weighted by Gasteiger charge is -2.17. The molecule has 1 rings (SSSR count). The van der Waals surface area contributed by atoms with Crippen molar-refractivity contribution < 1.29 is 4.74 Å². The fourth-order valence-electron chi connectivity index (χ4n) is 1.92. The second-order valence-corrected chi connectivity index (χ2v) is 4.43. The van der Waals surface area contributed by atoms with E-state index in [-0.39, 0.29) is 0 Å². The van der Waals surface area contributed by atoms with Crippen LogP contribution in [0.4, 0.5) is 0 Å². The predicted molar refractivity (Wildman–Crippen MR) is 59.3 cm³/mol. The molecule has 0 saturated heterocycles. The molecule has 14 heavy (non-hydrogen) atoms. The van der Waals surface area contributed by atoms with Crippen molar-refractivity contribution in [3.05, 3.63) is 0 Å². The zero-order valence-corrected chi connectivity index (χ0v) is 9.46. The quantitative estimate of drug-likeness (QED) is 0.635. The van der Waals surface area contributed by atoms with E-state index in [0.29, 0.717) is 18.2 Å². The number of rotatable bonds is 6. The van der Waals surface area contributed by atoms with Gasteiger partial charge in [0.1, 0.15) is 0 Å². The highest BCUT2D eigenvalue weighted by molar-refractivity contribution is 4.85. The number of hydrogen-bond donors (Lipinski definition) is 2. The highest BCUT2D eigenvalue weighted by Crippen LogP contribution is 2.16. The summed E-state index contributed by atoms with van der Waals surface area (Å²) in [6.07, 6.45) is 5.14. The maximum atomic E-state index is 5.95. The van der Waals surface area contributed by atoms with Crippen molar-refractivity contribution in [2.75, 3.05) is 13.2 Å². The highest BCUT2D eigenvalue weighted by atomic mass is 16.5. The highest BCUT2D eigenvalue weighted by Gasteiger charge is 2.22. The van der Waals surface area contributed by atoms with Gasteiger partial charge in [0, 0.05) is 18.7 Å². The summed E-state index contributed by atoms with van der Waals surface area (Å²) < 4.78 is 5.46. The molecule has 0 spiro atoms. The second-order valence-electron chi connectivity index (χ2n) is 4.43. The Morgan fingerprint density at radius 2 is 2.21 bits per heavy atom. The standard InChI is InChI=1S/C11H24N2O/c1-9(2)14-8-4-7-13-11-6-3-5-10(11)12/h9-11,13H,3-8,12H2,1-2H3/t10-,11-/m1/s1. The minimum Gasteiger partial charge on any atom is -0.379 e. The van der Waals surface area contributed by atoms with Crippen LogP contribution >= 0.6 is 0 Å². The Labute approximate surface area is 87.4 Å². The van der Waals surface area contributed by atoms with Crippen LogP contribution in [0.5, 0.6) is 0 Å². The van der Waals surface area contributed by atoms with Crippen LogP contribution in [-0.2, 0) is 4.74 Å². The van der Waals surface area contributed by atoms with E-state index in [9.17, 15) is 0 Å². The van der Waals surface area contributed by atoms with Crippen LogP contribution in [0.1, 0.15) is 39.5 Å². The molecule has 1 aliphatic carbocycles. The number of ether oxygens (including phenoxy) is 1. The molecule has 0 unspecified atom stereocenters. The Hall–Kier alpha value is -0.120. The maximum Gasteiger partial charge on any atom is 0.0518 e. The van der Waals surface area contributed by atoms with Crippen molar-refractivity contribution in [2.45, 2.75) is 57.7 Å². The van der Waals surface area contributed by atoms with Gasteiger partial charge in [-0.2, -0.15) is 0 Å². The van der Waals surface area contributed by atoms with Gasteiger partial charge in [-0.3, -0.25) is 0 Å². The number of hydrogen-bond acceptors (Lipinski definition) is 3. The monoisotopic (exact) mass is 200 g/mol. The van der Waals surface area contributed by atoms with Crippen molar-refractivity contribution in [3.63, 3.8) is 0 Å². The van der Waals surface area contributed by atoms with Crippen LogP contribution in [0.25, 0.3) is 0 Å². The van der Waals surface area contributed by atoms with Crippen LogP contribution in [-0.4, -0.2) is 31.3 Å². The fourth-order valence-corrected chi connectivity index (χ4v) is 1.92. The molecule has 0 aromatic rings.